The van der Waals surface area contributed by atoms with Crippen LogP contribution >= 0.6 is 25.6 Å². The van der Waals surface area contributed by atoms with Crippen LogP contribution in [0.2, 0.25) is 0 Å². The van der Waals surface area contributed by atoms with Gasteiger partial charge in [0, 0.05) is 14.2 Å². The van der Waals surface area contributed by atoms with Crippen molar-refractivity contribution in [1.29, 1.82) is 0 Å². The average molecular weight is 237 g/mol. The van der Waals surface area contributed by atoms with Gasteiger partial charge in [-0.25, -0.2) is 4.79 Å². The molecule has 0 rings (SSSR count). The summed E-state index contributed by atoms with van der Waals surface area (Å²) >= 11 is 7.19. The Kier molecular flexibility index (Phi) is 11.9. The van der Waals surface area contributed by atoms with Crippen LogP contribution in [0.5, 0.6) is 0 Å². The van der Waals surface area contributed by atoms with E-state index < -0.39 is 12.4 Å². The van der Waals surface area contributed by atoms with Gasteiger partial charge >= 0.3 is 35.7 Å². The van der Waals surface area contributed by atoms with Crippen molar-refractivity contribution in [1.82, 2.24) is 3.71 Å². The second kappa shape index (κ2) is 9.45. The summed E-state index contributed by atoms with van der Waals surface area (Å²) in [6.07, 6.45) is -1.24. The number of carbonyl (C=O) groups excluding carboxylic acids is 1. The van der Waals surface area contributed by atoms with Crippen molar-refractivity contribution in [2.45, 2.75) is 6.29 Å². The Morgan fingerprint density at radius 1 is 1.46 bits per heavy atom. The van der Waals surface area contributed by atoms with Crippen LogP contribution in [0.25, 0.3) is 0 Å². The van der Waals surface area contributed by atoms with Gasteiger partial charge in [0.2, 0.25) is 0 Å². The second-order valence-corrected chi connectivity index (χ2v) is 2.88. The molecule has 0 spiro atoms. The Balaban J connectivity index is -0.000000605. The van der Waals surface area contributed by atoms with Crippen molar-refractivity contribution in [2.75, 3.05) is 20.8 Å². The summed E-state index contributed by atoms with van der Waals surface area (Å²) in [5.74, 6) is 0. The first-order valence-electron chi connectivity index (χ1n) is 3.02. The van der Waals surface area contributed by atoms with Gasteiger partial charge in [-0.15, -0.1) is 0 Å². The number of thiol groups is 2. The number of rotatable bonds is 4. The Hall–Kier alpha value is 0.890. The Morgan fingerprint density at radius 2 is 1.92 bits per heavy atom. The quantitative estimate of drug-likeness (QED) is 0.332. The number of amides is 1. The molecule has 0 fully saturated rings. The van der Waals surface area contributed by atoms with Gasteiger partial charge in [0.15, 0.2) is 6.29 Å². The number of carbonyl (C=O) groups is 1. The average Bonchev–Trinajstić information content (AvgIpc) is 2.05. The van der Waals surface area contributed by atoms with Crippen LogP contribution in [-0.4, -0.2) is 36.9 Å². The zero-order valence-corrected chi connectivity index (χ0v) is 11.5. The molecule has 0 aromatic carbocycles. The number of hydrogen-bond donors (Lipinski definition) is 2. The van der Waals surface area contributed by atoms with Crippen LogP contribution in [0.4, 0.5) is 4.79 Å². The summed E-state index contributed by atoms with van der Waals surface area (Å²) in [6.45, 7) is 0.00343. The van der Waals surface area contributed by atoms with E-state index in [1.807, 2.05) is 0 Å². The fraction of sp³-hybridized carbons (Fsp3) is 0.800. The summed E-state index contributed by atoms with van der Waals surface area (Å²) in [5, 5.41) is 0. The molecule has 0 aromatic heterocycles. The van der Waals surface area contributed by atoms with Crippen LogP contribution in [0.3, 0.4) is 0 Å². The fourth-order valence-electron chi connectivity index (χ4n) is 0.429. The topological polar surface area (TPSA) is 48.0 Å². The van der Waals surface area contributed by atoms with Gasteiger partial charge in [0.25, 0.3) is 0 Å². The first-order valence-corrected chi connectivity index (χ1v) is 3.82. The minimum Gasteiger partial charge on any atom is -1.00 e. The van der Waals surface area contributed by atoms with Crippen LogP contribution in [-0.2, 0) is 14.2 Å². The van der Waals surface area contributed by atoms with Gasteiger partial charge in [-0.05, 0) is 25.6 Å². The smallest absolute Gasteiger partial charge is 1.00 e. The first kappa shape index (κ1) is 16.3. The molecule has 0 bridgehead atoms. The van der Waals surface area contributed by atoms with Gasteiger partial charge in [0.1, 0.15) is 6.61 Å². The van der Waals surface area contributed by atoms with Crippen LogP contribution < -0.4 is 29.6 Å². The zero-order valence-electron chi connectivity index (χ0n) is 8.76. The molecule has 0 atom stereocenters. The third kappa shape index (κ3) is 7.92. The van der Waals surface area contributed by atoms with Crippen LogP contribution in [0.1, 0.15) is 1.43 Å². The van der Waals surface area contributed by atoms with Crippen molar-refractivity contribution < 1.29 is 50.0 Å². The van der Waals surface area contributed by atoms with E-state index >= 15 is 0 Å². The SMILES string of the molecule is COC(COC(=O)N(S)S)OC.[H-].[Na+]. The first-order chi connectivity index (χ1) is 5.61. The fourth-order valence-corrected chi connectivity index (χ4v) is 0.545. The molecule has 0 N–H and O–H groups in total. The largest absolute Gasteiger partial charge is 1.00 e. The zero-order chi connectivity index (χ0) is 9.56. The van der Waals surface area contributed by atoms with Crippen LogP contribution in [0.15, 0.2) is 0 Å². The molecule has 13 heavy (non-hydrogen) atoms. The van der Waals surface area contributed by atoms with Crippen molar-refractivity contribution in [3.05, 3.63) is 0 Å². The van der Waals surface area contributed by atoms with E-state index in [0.717, 1.165) is 3.71 Å². The minimum absolute atomic E-state index is 0. The summed E-state index contributed by atoms with van der Waals surface area (Å²) < 4.78 is 14.9. The molecule has 0 saturated carbocycles. The van der Waals surface area contributed by atoms with Gasteiger partial charge < -0.3 is 15.6 Å². The summed E-state index contributed by atoms with van der Waals surface area (Å²) in [7, 11) is 2.89. The predicted octanol–water partition coefficient (Wildman–Crippen LogP) is -2.15. The molecular weight excluding hydrogens is 225 g/mol. The maximum absolute atomic E-state index is 10.7. The molecule has 5 nitrogen and oxygen atoms in total. The Morgan fingerprint density at radius 3 is 2.23 bits per heavy atom. The van der Waals surface area contributed by atoms with Crippen molar-refractivity contribution in [3.8, 4) is 0 Å². The van der Waals surface area contributed by atoms with Gasteiger partial charge in [-0.1, -0.05) is 0 Å². The van der Waals surface area contributed by atoms with E-state index in [1.54, 1.807) is 0 Å². The number of nitrogens with zero attached hydrogens (tertiary/aromatic N) is 1. The summed E-state index contributed by atoms with van der Waals surface area (Å²) in [5.41, 5.74) is 0. The Bertz CT molecular complexity index is 150. The molecule has 0 heterocycles. The molecule has 0 aromatic rings. The monoisotopic (exact) mass is 237 g/mol. The van der Waals surface area contributed by atoms with E-state index in [1.165, 1.54) is 14.2 Å². The molecule has 74 valence electrons. The molecule has 1 amide bonds. The minimum atomic E-state index is -0.680. The van der Waals surface area contributed by atoms with E-state index in [0.29, 0.717) is 0 Å². The number of methoxy groups -OCH3 is 2. The van der Waals surface area contributed by atoms with Crippen molar-refractivity contribution >= 4 is 31.7 Å². The van der Waals surface area contributed by atoms with E-state index in [-0.39, 0.29) is 37.6 Å². The summed E-state index contributed by atoms with van der Waals surface area (Å²) in [4.78, 5) is 10.7. The van der Waals surface area contributed by atoms with Crippen LogP contribution in [0, 0.1) is 0 Å². The van der Waals surface area contributed by atoms with Crippen molar-refractivity contribution in [3.63, 3.8) is 0 Å². The van der Waals surface area contributed by atoms with E-state index in [2.05, 4.69) is 30.4 Å². The third-order valence-corrected chi connectivity index (χ3v) is 1.36. The van der Waals surface area contributed by atoms with Crippen molar-refractivity contribution in [2.24, 2.45) is 0 Å². The Labute approximate surface area is 112 Å². The normalized spacial score (nSPS) is 9.31. The molecule has 0 aliphatic carbocycles. The molecule has 0 unspecified atom stereocenters. The maximum Gasteiger partial charge on any atom is 1.00 e. The molecule has 0 aliphatic heterocycles. The van der Waals surface area contributed by atoms with E-state index in [9.17, 15) is 4.79 Å². The van der Waals surface area contributed by atoms with Gasteiger partial charge in [-0.2, -0.15) is 3.71 Å². The maximum atomic E-state index is 10.7. The number of ether oxygens (including phenoxy) is 3. The van der Waals surface area contributed by atoms with E-state index in [4.69, 9.17) is 9.47 Å². The van der Waals surface area contributed by atoms with Gasteiger partial charge in [0.05, 0.1) is 0 Å². The molecule has 8 heteroatoms. The summed E-state index contributed by atoms with van der Waals surface area (Å²) in [6, 6.07) is 0. The number of hydrogen-bond acceptors (Lipinski definition) is 6. The molecule has 0 radical (unpaired) electrons. The molecule has 0 aliphatic rings. The third-order valence-electron chi connectivity index (χ3n) is 1.03. The second-order valence-electron chi connectivity index (χ2n) is 1.77. The predicted molar refractivity (Wildman–Crippen MR) is 50.1 cm³/mol. The molecular formula is C5H12NNaO4S2. The van der Waals surface area contributed by atoms with Gasteiger partial charge in [-0.3, -0.25) is 0 Å². The standard InChI is InChI=1S/C5H11NO4S2.Na.H/c1-8-4(9-2)3-10-5(7)6(11)12;;/h4,11-12H,3H2,1-2H3;;/q;+1;-1. The molecule has 0 saturated heterocycles.